The van der Waals surface area contributed by atoms with Gasteiger partial charge >= 0.3 is 0 Å². The van der Waals surface area contributed by atoms with Gasteiger partial charge < -0.3 is 14.5 Å². The number of aryl methyl sites for hydroxylation is 1. The van der Waals surface area contributed by atoms with Gasteiger partial charge in [-0.3, -0.25) is 9.59 Å². The summed E-state index contributed by atoms with van der Waals surface area (Å²) in [6.07, 6.45) is 1.85. The van der Waals surface area contributed by atoms with Gasteiger partial charge in [0.15, 0.2) is 0 Å². The Bertz CT molecular complexity index is 862. The second-order valence-corrected chi connectivity index (χ2v) is 7.53. The summed E-state index contributed by atoms with van der Waals surface area (Å²) in [6, 6.07) is 15.2. The van der Waals surface area contributed by atoms with Crippen molar-refractivity contribution in [2.45, 2.75) is 25.8 Å². The molecule has 0 saturated carbocycles. The van der Waals surface area contributed by atoms with Crippen molar-refractivity contribution in [2.24, 2.45) is 5.92 Å². The Morgan fingerprint density at radius 2 is 1.81 bits per heavy atom. The largest absolute Gasteiger partial charge is 0.457 e. The molecule has 3 aliphatic heterocycles. The van der Waals surface area contributed by atoms with E-state index in [0.29, 0.717) is 24.4 Å². The molecule has 2 aromatic rings. The molecule has 0 N–H and O–H groups in total. The predicted molar refractivity (Wildman–Crippen MR) is 103 cm³/mol. The number of piperidine rings is 1. The molecular formula is C22H24N2O3. The highest BCUT2D eigenvalue weighted by atomic mass is 16.5. The number of nitrogens with zero attached hydrogens (tertiary/aromatic N) is 2. The smallest absolute Gasteiger partial charge is 0.253 e. The number of benzene rings is 2. The Morgan fingerprint density at radius 3 is 2.56 bits per heavy atom. The lowest BCUT2D eigenvalue weighted by Crippen LogP contribution is -2.45. The van der Waals surface area contributed by atoms with E-state index in [0.717, 1.165) is 24.2 Å². The van der Waals surface area contributed by atoms with Crippen LogP contribution in [0, 0.1) is 12.8 Å². The summed E-state index contributed by atoms with van der Waals surface area (Å²) in [5.74, 6) is 1.56. The van der Waals surface area contributed by atoms with E-state index in [2.05, 4.69) is 0 Å². The van der Waals surface area contributed by atoms with Crippen LogP contribution in [0.2, 0.25) is 0 Å². The van der Waals surface area contributed by atoms with E-state index in [1.807, 2.05) is 60.2 Å². The average molecular weight is 364 g/mol. The van der Waals surface area contributed by atoms with Crippen molar-refractivity contribution in [3.63, 3.8) is 0 Å². The molecule has 2 amide bonds. The first-order chi connectivity index (χ1) is 13.0. The summed E-state index contributed by atoms with van der Waals surface area (Å²) in [5, 5.41) is 0. The Morgan fingerprint density at radius 1 is 1.04 bits per heavy atom. The van der Waals surface area contributed by atoms with Gasteiger partial charge in [0.05, 0.1) is 5.92 Å². The molecule has 2 aromatic carbocycles. The number of fused-ring (bicyclic) bond motifs is 4. The Hall–Kier alpha value is -2.82. The summed E-state index contributed by atoms with van der Waals surface area (Å²) in [4.78, 5) is 28.9. The molecule has 3 heterocycles. The number of carbonyl (C=O) groups is 2. The van der Waals surface area contributed by atoms with E-state index in [4.69, 9.17) is 4.74 Å². The highest BCUT2D eigenvalue weighted by molar-refractivity contribution is 5.95. The van der Waals surface area contributed by atoms with E-state index in [1.165, 1.54) is 0 Å². The highest BCUT2D eigenvalue weighted by Crippen LogP contribution is 2.29. The van der Waals surface area contributed by atoms with Crippen molar-refractivity contribution < 1.29 is 14.3 Å². The van der Waals surface area contributed by atoms with Crippen molar-refractivity contribution in [1.82, 2.24) is 9.80 Å². The van der Waals surface area contributed by atoms with E-state index in [-0.39, 0.29) is 23.8 Å². The van der Waals surface area contributed by atoms with Crippen LogP contribution < -0.4 is 4.74 Å². The molecule has 2 atom stereocenters. The van der Waals surface area contributed by atoms with Crippen LogP contribution in [0.15, 0.2) is 48.5 Å². The van der Waals surface area contributed by atoms with Crippen LogP contribution in [0.5, 0.6) is 11.5 Å². The topological polar surface area (TPSA) is 49.9 Å². The number of carbonyl (C=O) groups excluding carboxylic acids is 2. The molecule has 0 radical (unpaired) electrons. The maximum atomic E-state index is 13.0. The lowest BCUT2D eigenvalue weighted by Gasteiger charge is -2.32. The molecule has 0 unspecified atom stereocenters. The molecule has 140 valence electrons. The number of likely N-dealkylation sites (N-methyl/N-ethyl adjacent to an activating group) is 1. The normalized spacial score (nSPS) is 21.9. The number of ether oxygens (including phenoxy) is 1. The zero-order chi connectivity index (χ0) is 19.0. The molecule has 3 aliphatic rings. The molecule has 5 nitrogen and oxygen atoms in total. The van der Waals surface area contributed by atoms with Crippen LogP contribution in [0.4, 0.5) is 0 Å². The first-order valence-electron chi connectivity index (χ1n) is 9.42. The van der Waals surface area contributed by atoms with Gasteiger partial charge in [-0.05, 0) is 61.7 Å². The quantitative estimate of drug-likeness (QED) is 0.838. The maximum Gasteiger partial charge on any atom is 0.253 e. The molecule has 0 aromatic heterocycles. The second-order valence-electron chi connectivity index (χ2n) is 7.53. The van der Waals surface area contributed by atoms with Crippen LogP contribution in [-0.2, 0) is 4.79 Å². The summed E-state index contributed by atoms with van der Waals surface area (Å²) < 4.78 is 5.86. The van der Waals surface area contributed by atoms with Crippen molar-refractivity contribution >= 4 is 11.8 Å². The fourth-order valence-corrected chi connectivity index (χ4v) is 3.99. The lowest BCUT2D eigenvalue weighted by atomic mass is 9.95. The van der Waals surface area contributed by atoms with E-state index in [1.54, 1.807) is 12.1 Å². The van der Waals surface area contributed by atoms with Crippen LogP contribution in [0.1, 0.15) is 28.8 Å². The zero-order valence-electron chi connectivity index (χ0n) is 15.7. The molecule has 3 saturated heterocycles. The molecule has 0 aliphatic carbocycles. The maximum absolute atomic E-state index is 13.0. The van der Waals surface area contributed by atoms with Crippen molar-refractivity contribution in [1.29, 1.82) is 0 Å². The SMILES string of the molecule is Cc1cccc(Oc2ccc(C(=O)N3C[C@@H]4CC[C@H](C3)N(C)C4=O)cc2)c1. The molecule has 5 rings (SSSR count). The zero-order valence-corrected chi connectivity index (χ0v) is 15.7. The standard InChI is InChI=1S/C22H24N2O3/c1-15-4-3-5-20(12-15)27-19-10-7-16(8-11-19)22(26)24-13-17-6-9-18(14-24)23(2)21(17)25/h3-5,7-8,10-12,17-18H,6,9,13-14H2,1-2H3/t17-,18+/m0/s1. The van der Waals surface area contributed by atoms with Gasteiger partial charge in [-0.2, -0.15) is 0 Å². The first-order valence-corrected chi connectivity index (χ1v) is 9.42. The van der Waals surface area contributed by atoms with Gasteiger partial charge in [0, 0.05) is 31.7 Å². The van der Waals surface area contributed by atoms with Crippen molar-refractivity contribution in [2.75, 3.05) is 20.1 Å². The third-order valence-corrected chi connectivity index (χ3v) is 5.58. The average Bonchev–Trinajstić information content (AvgIpc) is 2.95. The summed E-state index contributed by atoms with van der Waals surface area (Å²) in [5.41, 5.74) is 1.76. The molecule has 0 spiro atoms. The number of amides is 2. The molecular weight excluding hydrogens is 340 g/mol. The minimum absolute atomic E-state index is 0.0166. The van der Waals surface area contributed by atoms with Crippen molar-refractivity contribution in [3.05, 3.63) is 59.7 Å². The van der Waals surface area contributed by atoms with Crippen LogP contribution in [0.25, 0.3) is 0 Å². The highest BCUT2D eigenvalue weighted by Gasteiger charge is 2.40. The van der Waals surface area contributed by atoms with E-state index >= 15 is 0 Å². The molecule has 5 heteroatoms. The van der Waals surface area contributed by atoms with Gasteiger partial charge in [-0.1, -0.05) is 12.1 Å². The fraction of sp³-hybridized carbons (Fsp3) is 0.364. The third kappa shape index (κ3) is 3.54. The van der Waals surface area contributed by atoms with Gasteiger partial charge in [-0.25, -0.2) is 0 Å². The molecule has 2 bridgehead atoms. The van der Waals surface area contributed by atoms with Gasteiger partial charge in [0.2, 0.25) is 5.91 Å². The van der Waals surface area contributed by atoms with Gasteiger partial charge in [0.1, 0.15) is 11.5 Å². The molecule has 3 fully saturated rings. The number of hydrogen-bond acceptors (Lipinski definition) is 3. The summed E-state index contributed by atoms with van der Waals surface area (Å²) >= 11 is 0. The lowest BCUT2D eigenvalue weighted by molar-refractivity contribution is -0.138. The van der Waals surface area contributed by atoms with Gasteiger partial charge in [0.25, 0.3) is 5.91 Å². The second kappa shape index (κ2) is 7.06. The number of rotatable bonds is 3. The van der Waals surface area contributed by atoms with Gasteiger partial charge in [-0.15, -0.1) is 0 Å². The Labute approximate surface area is 159 Å². The first kappa shape index (κ1) is 17.6. The van der Waals surface area contributed by atoms with E-state index in [9.17, 15) is 9.59 Å². The monoisotopic (exact) mass is 364 g/mol. The summed E-state index contributed by atoms with van der Waals surface area (Å²) in [7, 11) is 1.85. The predicted octanol–water partition coefficient (Wildman–Crippen LogP) is 3.48. The minimum Gasteiger partial charge on any atom is -0.457 e. The molecule has 27 heavy (non-hydrogen) atoms. The van der Waals surface area contributed by atoms with Crippen LogP contribution >= 0.6 is 0 Å². The Kier molecular flexibility index (Phi) is 4.60. The van der Waals surface area contributed by atoms with Crippen LogP contribution in [0.3, 0.4) is 0 Å². The minimum atomic E-state index is -0.0679. The number of hydrogen-bond donors (Lipinski definition) is 0. The summed E-state index contributed by atoms with van der Waals surface area (Å²) in [6.45, 7) is 3.14. The van der Waals surface area contributed by atoms with Crippen molar-refractivity contribution in [3.8, 4) is 11.5 Å². The third-order valence-electron chi connectivity index (χ3n) is 5.58. The van der Waals surface area contributed by atoms with E-state index < -0.39 is 0 Å². The Balaban J connectivity index is 1.47. The fourth-order valence-electron chi connectivity index (χ4n) is 3.99. The van der Waals surface area contributed by atoms with Crippen LogP contribution in [-0.4, -0.2) is 47.8 Å².